The minimum absolute atomic E-state index is 0.0423. The van der Waals surface area contributed by atoms with Crippen LogP contribution < -0.4 is 5.32 Å². The van der Waals surface area contributed by atoms with Gasteiger partial charge >= 0.3 is 5.69 Å². The van der Waals surface area contributed by atoms with Crippen molar-refractivity contribution in [3.05, 3.63) is 64.5 Å². The fourth-order valence-electron chi connectivity index (χ4n) is 2.20. The molecule has 0 saturated heterocycles. The topological polar surface area (TPSA) is 121 Å². The molecule has 1 aromatic carbocycles. The summed E-state index contributed by atoms with van der Waals surface area (Å²) in [6.07, 6.45) is 3.79. The van der Waals surface area contributed by atoms with E-state index < -0.39 is 4.92 Å². The zero-order chi connectivity index (χ0) is 18.5. The van der Waals surface area contributed by atoms with Gasteiger partial charge in [-0.25, -0.2) is 14.1 Å². The quantitative estimate of drug-likeness (QED) is 0.505. The van der Waals surface area contributed by atoms with E-state index >= 15 is 0 Å². The van der Waals surface area contributed by atoms with Crippen molar-refractivity contribution in [1.29, 1.82) is 0 Å². The second kappa shape index (κ2) is 7.51. The molecule has 1 amide bonds. The van der Waals surface area contributed by atoms with Gasteiger partial charge in [0, 0.05) is 18.5 Å². The number of nitrogens with one attached hydrogen (secondary N) is 1. The van der Waals surface area contributed by atoms with Gasteiger partial charge in [0.15, 0.2) is 0 Å². The van der Waals surface area contributed by atoms with Crippen LogP contribution in [0.25, 0.3) is 0 Å². The SMILES string of the molecule is O=C(CCn1cc([N+](=O)[O-])cn1)Nc1ncn(Cc2ccccc2F)n1. The van der Waals surface area contributed by atoms with E-state index in [-0.39, 0.29) is 42.9 Å². The molecule has 2 aromatic heterocycles. The second-order valence-electron chi connectivity index (χ2n) is 5.37. The molecule has 10 nitrogen and oxygen atoms in total. The summed E-state index contributed by atoms with van der Waals surface area (Å²) in [5.74, 6) is -0.619. The number of carbonyl (C=O) groups is 1. The molecule has 11 heteroatoms. The number of hydrogen-bond acceptors (Lipinski definition) is 6. The molecule has 0 aliphatic rings. The van der Waals surface area contributed by atoms with E-state index in [1.54, 1.807) is 18.2 Å². The van der Waals surface area contributed by atoms with Crippen LogP contribution >= 0.6 is 0 Å². The molecule has 0 unspecified atom stereocenters. The number of aryl methyl sites for hydroxylation is 1. The Hall–Kier alpha value is -3.63. The van der Waals surface area contributed by atoms with Crippen LogP contribution in [0.4, 0.5) is 16.0 Å². The third kappa shape index (κ3) is 4.26. The second-order valence-corrected chi connectivity index (χ2v) is 5.37. The van der Waals surface area contributed by atoms with E-state index in [4.69, 9.17) is 0 Å². The maximum Gasteiger partial charge on any atom is 0.306 e. The smallest absolute Gasteiger partial charge is 0.293 e. The maximum atomic E-state index is 13.6. The van der Waals surface area contributed by atoms with E-state index in [0.29, 0.717) is 5.56 Å². The van der Waals surface area contributed by atoms with Crippen LogP contribution in [-0.4, -0.2) is 35.4 Å². The molecular weight excluding hydrogens is 345 g/mol. The lowest BCUT2D eigenvalue weighted by Gasteiger charge is -2.03. The van der Waals surface area contributed by atoms with E-state index in [1.165, 1.54) is 28.0 Å². The van der Waals surface area contributed by atoms with Crippen LogP contribution in [0.3, 0.4) is 0 Å². The zero-order valence-electron chi connectivity index (χ0n) is 13.4. The van der Waals surface area contributed by atoms with Gasteiger partial charge in [-0.3, -0.25) is 24.9 Å². The van der Waals surface area contributed by atoms with Gasteiger partial charge in [-0.15, -0.1) is 5.10 Å². The van der Waals surface area contributed by atoms with Crippen LogP contribution in [-0.2, 0) is 17.9 Å². The molecule has 0 fully saturated rings. The van der Waals surface area contributed by atoms with Gasteiger partial charge in [0.2, 0.25) is 11.9 Å². The summed E-state index contributed by atoms with van der Waals surface area (Å²) >= 11 is 0. The highest BCUT2D eigenvalue weighted by molar-refractivity contribution is 5.88. The first-order valence-electron chi connectivity index (χ1n) is 7.61. The van der Waals surface area contributed by atoms with Gasteiger partial charge in [0.25, 0.3) is 0 Å². The van der Waals surface area contributed by atoms with Crippen molar-refractivity contribution in [2.24, 2.45) is 0 Å². The van der Waals surface area contributed by atoms with E-state index in [0.717, 1.165) is 6.20 Å². The van der Waals surface area contributed by atoms with E-state index in [9.17, 15) is 19.3 Å². The summed E-state index contributed by atoms with van der Waals surface area (Å²) in [6.45, 7) is 0.363. The number of nitro groups is 1. The lowest BCUT2D eigenvalue weighted by Crippen LogP contribution is -2.16. The molecule has 3 aromatic rings. The Bertz CT molecular complexity index is 937. The van der Waals surface area contributed by atoms with Crippen molar-refractivity contribution >= 4 is 17.5 Å². The average Bonchev–Trinajstić information content (AvgIpc) is 3.25. The standard InChI is InChI=1S/C15H14FN7O3/c16-13-4-2-1-3-11(13)8-22-10-17-15(20-22)19-14(24)5-6-21-9-12(7-18-21)23(25)26/h1-4,7,9-10H,5-6,8H2,(H,19,20,24). The number of nitrogens with zero attached hydrogens (tertiary/aromatic N) is 6. The Morgan fingerprint density at radius 1 is 1.31 bits per heavy atom. The van der Waals surface area contributed by atoms with Gasteiger partial charge < -0.3 is 0 Å². The first-order valence-corrected chi connectivity index (χ1v) is 7.61. The Labute approximate surface area is 146 Å². The highest BCUT2D eigenvalue weighted by Crippen LogP contribution is 2.10. The Morgan fingerprint density at radius 3 is 2.85 bits per heavy atom. The first kappa shape index (κ1) is 17.2. The van der Waals surface area contributed by atoms with Gasteiger partial charge in [-0.2, -0.15) is 5.10 Å². The predicted molar refractivity (Wildman–Crippen MR) is 87.7 cm³/mol. The summed E-state index contributed by atoms with van der Waals surface area (Å²) in [5.41, 5.74) is 0.314. The van der Waals surface area contributed by atoms with Crippen LogP contribution in [0.15, 0.2) is 43.0 Å². The molecule has 134 valence electrons. The lowest BCUT2D eigenvalue weighted by atomic mass is 10.2. The number of amides is 1. The summed E-state index contributed by atoms with van der Waals surface area (Å²) in [7, 11) is 0. The van der Waals surface area contributed by atoms with Gasteiger partial charge in [-0.1, -0.05) is 18.2 Å². The zero-order valence-corrected chi connectivity index (χ0v) is 13.4. The normalized spacial score (nSPS) is 10.7. The van der Waals surface area contributed by atoms with Crippen molar-refractivity contribution in [3.63, 3.8) is 0 Å². The first-order chi connectivity index (χ1) is 12.5. The summed E-state index contributed by atoms with van der Waals surface area (Å²) in [4.78, 5) is 25.9. The molecule has 26 heavy (non-hydrogen) atoms. The fraction of sp³-hybridized carbons (Fsp3) is 0.200. The molecule has 0 radical (unpaired) electrons. The number of carbonyl (C=O) groups excluding carboxylic acids is 1. The highest BCUT2D eigenvalue weighted by atomic mass is 19.1. The minimum Gasteiger partial charge on any atom is -0.293 e. The molecule has 0 aliphatic heterocycles. The molecule has 0 saturated carbocycles. The molecule has 0 aliphatic carbocycles. The van der Waals surface area contributed by atoms with Crippen LogP contribution in [0.1, 0.15) is 12.0 Å². The number of benzene rings is 1. The maximum absolute atomic E-state index is 13.6. The number of halogens is 1. The van der Waals surface area contributed by atoms with E-state index in [2.05, 4.69) is 20.5 Å². The lowest BCUT2D eigenvalue weighted by molar-refractivity contribution is -0.385. The molecule has 0 atom stereocenters. The molecule has 0 spiro atoms. The highest BCUT2D eigenvalue weighted by Gasteiger charge is 2.11. The summed E-state index contributed by atoms with van der Waals surface area (Å²) in [6, 6.07) is 6.31. The largest absolute Gasteiger partial charge is 0.306 e. The molecular formula is C15H14FN7O3. The van der Waals surface area contributed by atoms with Crippen molar-refractivity contribution in [3.8, 4) is 0 Å². The number of rotatable bonds is 7. The average molecular weight is 359 g/mol. The Balaban J connectivity index is 1.52. The molecule has 3 rings (SSSR count). The van der Waals surface area contributed by atoms with E-state index in [1.807, 2.05) is 0 Å². The summed E-state index contributed by atoms with van der Waals surface area (Å²) in [5, 5.41) is 21.0. The molecule has 2 heterocycles. The van der Waals surface area contributed by atoms with Gasteiger partial charge in [-0.05, 0) is 6.07 Å². The summed E-state index contributed by atoms with van der Waals surface area (Å²) < 4.78 is 16.3. The van der Waals surface area contributed by atoms with Crippen LogP contribution in [0, 0.1) is 15.9 Å². The number of aromatic nitrogens is 5. The predicted octanol–water partition coefficient (Wildman–Crippen LogP) is 1.60. The van der Waals surface area contributed by atoms with Crippen molar-refractivity contribution < 1.29 is 14.1 Å². The fourth-order valence-corrected chi connectivity index (χ4v) is 2.20. The van der Waals surface area contributed by atoms with Crippen LogP contribution in [0.2, 0.25) is 0 Å². The van der Waals surface area contributed by atoms with Crippen molar-refractivity contribution in [1.82, 2.24) is 24.5 Å². The van der Waals surface area contributed by atoms with Crippen molar-refractivity contribution in [2.45, 2.75) is 19.5 Å². The number of hydrogen-bond donors (Lipinski definition) is 1. The van der Waals surface area contributed by atoms with Gasteiger partial charge in [0.1, 0.15) is 24.5 Å². The molecule has 0 bridgehead atoms. The van der Waals surface area contributed by atoms with Crippen molar-refractivity contribution in [2.75, 3.05) is 5.32 Å². The Kier molecular flexibility index (Phi) is 4.97. The third-order valence-electron chi connectivity index (χ3n) is 3.48. The van der Waals surface area contributed by atoms with Crippen LogP contribution in [0.5, 0.6) is 0 Å². The Morgan fingerprint density at radius 2 is 2.12 bits per heavy atom. The minimum atomic E-state index is -0.560. The third-order valence-corrected chi connectivity index (χ3v) is 3.48. The monoisotopic (exact) mass is 359 g/mol. The number of anilines is 1. The van der Waals surface area contributed by atoms with Gasteiger partial charge in [0.05, 0.1) is 11.5 Å². The molecule has 1 N–H and O–H groups in total.